The van der Waals surface area contributed by atoms with E-state index in [4.69, 9.17) is 23.2 Å². The van der Waals surface area contributed by atoms with Crippen LogP contribution < -0.4 is 5.32 Å². The molecular weight excluding hydrogens is 315 g/mol. The number of nitrogens with one attached hydrogen (secondary N) is 1. The predicted molar refractivity (Wildman–Crippen MR) is 85.2 cm³/mol. The van der Waals surface area contributed by atoms with Gasteiger partial charge in [-0.25, -0.2) is 4.98 Å². The van der Waals surface area contributed by atoms with Gasteiger partial charge in [-0.2, -0.15) is 0 Å². The molecule has 20 heavy (non-hydrogen) atoms. The minimum absolute atomic E-state index is 0.0428. The van der Waals surface area contributed by atoms with Crippen LogP contribution in [0.2, 0.25) is 10.0 Å². The SMILES string of the molecule is CC(C)(C)c1csc(NC(=O)c2cc(Cl)cc(Cl)c2)n1. The molecule has 0 aliphatic heterocycles. The number of halogens is 2. The van der Waals surface area contributed by atoms with Crippen molar-refractivity contribution in [1.82, 2.24) is 4.98 Å². The number of rotatable bonds is 2. The summed E-state index contributed by atoms with van der Waals surface area (Å²) in [6.07, 6.45) is 0. The smallest absolute Gasteiger partial charge is 0.257 e. The first-order valence-corrected chi connectivity index (χ1v) is 7.63. The highest BCUT2D eigenvalue weighted by Crippen LogP contribution is 2.27. The van der Waals surface area contributed by atoms with Crippen LogP contribution in [0.25, 0.3) is 0 Å². The number of hydrogen-bond donors (Lipinski definition) is 1. The number of anilines is 1. The Bertz CT molecular complexity index is 627. The summed E-state index contributed by atoms with van der Waals surface area (Å²) in [5, 5.41) is 6.12. The Morgan fingerprint density at radius 1 is 1.20 bits per heavy atom. The van der Waals surface area contributed by atoms with Crippen molar-refractivity contribution < 1.29 is 4.79 Å². The van der Waals surface area contributed by atoms with Crippen molar-refractivity contribution in [3.63, 3.8) is 0 Å². The number of thiazole rings is 1. The van der Waals surface area contributed by atoms with Crippen LogP contribution in [0.5, 0.6) is 0 Å². The third-order valence-corrected chi connectivity index (χ3v) is 3.81. The van der Waals surface area contributed by atoms with Gasteiger partial charge < -0.3 is 0 Å². The number of carbonyl (C=O) groups excluding carboxylic acids is 1. The minimum atomic E-state index is -0.274. The van der Waals surface area contributed by atoms with E-state index < -0.39 is 0 Å². The van der Waals surface area contributed by atoms with Gasteiger partial charge in [0.05, 0.1) is 5.69 Å². The quantitative estimate of drug-likeness (QED) is 0.842. The molecule has 1 heterocycles. The highest BCUT2D eigenvalue weighted by molar-refractivity contribution is 7.14. The van der Waals surface area contributed by atoms with Crippen LogP contribution in [0.1, 0.15) is 36.8 Å². The van der Waals surface area contributed by atoms with E-state index >= 15 is 0 Å². The fourth-order valence-electron chi connectivity index (χ4n) is 1.53. The molecule has 0 saturated carbocycles. The molecule has 1 N–H and O–H groups in total. The zero-order chi connectivity index (χ0) is 14.9. The van der Waals surface area contributed by atoms with E-state index in [-0.39, 0.29) is 11.3 Å². The van der Waals surface area contributed by atoms with Crippen molar-refractivity contribution in [2.24, 2.45) is 0 Å². The summed E-state index contributed by atoms with van der Waals surface area (Å²) in [7, 11) is 0. The van der Waals surface area contributed by atoms with Gasteiger partial charge in [-0.05, 0) is 18.2 Å². The van der Waals surface area contributed by atoms with E-state index in [1.807, 2.05) is 5.38 Å². The van der Waals surface area contributed by atoms with Crippen molar-refractivity contribution in [1.29, 1.82) is 0 Å². The van der Waals surface area contributed by atoms with Gasteiger partial charge in [-0.15, -0.1) is 11.3 Å². The first-order valence-electron chi connectivity index (χ1n) is 5.99. The van der Waals surface area contributed by atoms with Crippen LogP contribution in [0.15, 0.2) is 23.6 Å². The Balaban J connectivity index is 2.17. The first-order chi connectivity index (χ1) is 9.25. The summed E-state index contributed by atoms with van der Waals surface area (Å²) in [6.45, 7) is 6.22. The lowest BCUT2D eigenvalue weighted by atomic mass is 9.93. The summed E-state index contributed by atoms with van der Waals surface area (Å²) in [5.74, 6) is -0.274. The van der Waals surface area contributed by atoms with Crippen LogP contribution in [0, 0.1) is 0 Å². The summed E-state index contributed by atoms with van der Waals surface area (Å²) in [4.78, 5) is 16.5. The summed E-state index contributed by atoms with van der Waals surface area (Å²) in [5.41, 5.74) is 1.32. The predicted octanol–water partition coefficient (Wildman–Crippen LogP) is 5.00. The van der Waals surface area contributed by atoms with Crippen molar-refractivity contribution in [3.8, 4) is 0 Å². The van der Waals surface area contributed by atoms with Crippen molar-refractivity contribution >= 4 is 45.6 Å². The molecule has 0 fully saturated rings. The maximum atomic E-state index is 12.1. The summed E-state index contributed by atoms with van der Waals surface area (Å²) in [6, 6.07) is 4.73. The number of aromatic nitrogens is 1. The molecule has 2 aromatic rings. The van der Waals surface area contributed by atoms with Crippen LogP contribution >= 0.6 is 34.5 Å². The monoisotopic (exact) mass is 328 g/mol. The maximum Gasteiger partial charge on any atom is 0.257 e. The van der Waals surface area contributed by atoms with Crippen LogP contribution in [-0.4, -0.2) is 10.9 Å². The van der Waals surface area contributed by atoms with Crippen LogP contribution in [0.3, 0.4) is 0 Å². The van der Waals surface area contributed by atoms with Crippen LogP contribution in [0.4, 0.5) is 5.13 Å². The molecule has 0 radical (unpaired) electrons. The van der Waals surface area contributed by atoms with Gasteiger partial charge in [0.25, 0.3) is 5.91 Å². The molecule has 1 aromatic carbocycles. The Morgan fingerprint density at radius 3 is 2.30 bits per heavy atom. The van der Waals surface area contributed by atoms with E-state index in [0.29, 0.717) is 20.7 Å². The standard InChI is InChI=1S/C14H14Cl2N2OS/c1-14(2,3)11-7-20-13(17-11)18-12(19)8-4-9(15)6-10(16)5-8/h4-7H,1-3H3,(H,17,18,19). The average molecular weight is 329 g/mol. The Hall–Kier alpha value is -1.10. The first kappa shape index (κ1) is 15.3. The number of carbonyl (C=O) groups is 1. The number of nitrogens with zero attached hydrogens (tertiary/aromatic N) is 1. The zero-order valence-corrected chi connectivity index (χ0v) is 13.7. The third kappa shape index (κ3) is 3.72. The van der Waals surface area contributed by atoms with E-state index in [0.717, 1.165) is 5.69 Å². The van der Waals surface area contributed by atoms with Gasteiger partial charge >= 0.3 is 0 Å². The highest BCUT2D eigenvalue weighted by Gasteiger charge is 2.18. The molecule has 1 amide bonds. The second-order valence-electron chi connectivity index (χ2n) is 5.40. The topological polar surface area (TPSA) is 42.0 Å². The second kappa shape index (κ2) is 5.72. The van der Waals surface area contributed by atoms with Gasteiger partial charge in [0.1, 0.15) is 0 Å². The third-order valence-electron chi connectivity index (χ3n) is 2.62. The minimum Gasteiger partial charge on any atom is -0.298 e. The molecule has 0 bridgehead atoms. The normalized spacial score (nSPS) is 11.4. The molecule has 3 nitrogen and oxygen atoms in total. The average Bonchev–Trinajstić information content (AvgIpc) is 2.75. The molecule has 106 valence electrons. The van der Waals surface area contributed by atoms with Gasteiger partial charge in [0, 0.05) is 26.4 Å². The lowest BCUT2D eigenvalue weighted by molar-refractivity contribution is 0.102. The lowest BCUT2D eigenvalue weighted by Crippen LogP contribution is -2.14. The Morgan fingerprint density at radius 2 is 1.80 bits per heavy atom. The van der Waals surface area contributed by atoms with E-state index in [1.165, 1.54) is 11.3 Å². The summed E-state index contributed by atoms with van der Waals surface area (Å²) >= 11 is 13.2. The molecule has 0 aliphatic carbocycles. The zero-order valence-electron chi connectivity index (χ0n) is 11.3. The number of amides is 1. The Kier molecular flexibility index (Phi) is 4.37. The Labute approximate surface area is 131 Å². The van der Waals surface area contributed by atoms with Gasteiger partial charge in [-0.1, -0.05) is 44.0 Å². The fourth-order valence-corrected chi connectivity index (χ4v) is 2.99. The van der Waals surface area contributed by atoms with Crippen molar-refractivity contribution in [2.45, 2.75) is 26.2 Å². The molecule has 0 saturated heterocycles. The van der Waals surface area contributed by atoms with E-state index in [1.54, 1.807) is 18.2 Å². The van der Waals surface area contributed by atoms with Crippen molar-refractivity contribution in [2.75, 3.05) is 5.32 Å². The number of hydrogen-bond acceptors (Lipinski definition) is 3. The molecule has 0 atom stereocenters. The molecule has 0 spiro atoms. The molecule has 0 unspecified atom stereocenters. The maximum absolute atomic E-state index is 12.1. The van der Waals surface area contributed by atoms with Gasteiger partial charge in [0.15, 0.2) is 5.13 Å². The molecule has 6 heteroatoms. The molecular formula is C14H14Cl2N2OS. The fraction of sp³-hybridized carbons (Fsp3) is 0.286. The highest BCUT2D eigenvalue weighted by atomic mass is 35.5. The molecule has 1 aromatic heterocycles. The second-order valence-corrected chi connectivity index (χ2v) is 7.13. The van der Waals surface area contributed by atoms with Crippen molar-refractivity contribution in [3.05, 3.63) is 44.9 Å². The number of benzene rings is 1. The summed E-state index contributed by atoms with van der Waals surface area (Å²) < 4.78 is 0. The molecule has 0 aliphatic rings. The van der Waals surface area contributed by atoms with Gasteiger partial charge in [0.2, 0.25) is 0 Å². The van der Waals surface area contributed by atoms with E-state index in [9.17, 15) is 4.79 Å². The largest absolute Gasteiger partial charge is 0.298 e. The lowest BCUT2D eigenvalue weighted by Gasteiger charge is -2.14. The molecule has 2 rings (SSSR count). The van der Waals surface area contributed by atoms with Crippen LogP contribution in [-0.2, 0) is 5.41 Å². The van der Waals surface area contributed by atoms with E-state index in [2.05, 4.69) is 31.1 Å². The van der Waals surface area contributed by atoms with Gasteiger partial charge in [-0.3, -0.25) is 10.1 Å².